The van der Waals surface area contributed by atoms with Gasteiger partial charge in [-0.25, -0.2) is 4.98 Å². The molecule has 1 aromatic heterocycles. The van der Waals surface area contributed by atoms with Crippen molar-refractivity contribution < 1.29 is 4.92 Å². The number of hydrogen-bond acceptors (Lipinski definition) is 5. The summed E-state index contributed by atoms with van der Waals surface area (Å²) in [4.78, 5) is 26.7. The molecule has 6 nitrogen and oxygen atoms in total. The van der Waals surface area contributed by atoms with Crippen molar-refractivity contribution in [3.8, 4) is 0 Å². The minimum Gasteiger partial charge on any atom is -0.296 e. The van der Waals surface area contributed by atoms with Crippen LogP contribution in [0, 0.1) is 10.1 Å². The van der Waals surface area contributed by atoms with E-state index in [0.29, 0.717) is 5.16 Å². The first-order valence-electron chi connectivity index (χ1n) is 4.01. The molecule has 0 saturated heterocycles. The lowest BCUT2D eigenvalue weighted by atomic mass is 10.5. The van der Waals surface area contributed by atoms with Gasteiger partial charge in [0.2, 0.25) is 0 Å². The summed E-state index contributed by atoms with van der Waals surface area (Å²) in [6.07, 6.45) is 1.93. The zero-order chi connectivity index (χ0) is 10.6. The van der Waals surface area contributed by atoms with E-state index in [4.69, 9.17) is 0 Å². The monoisotopic (exact) mass is 215 g/mol. The van der Waals surface area contributed by atoms with Gasteiger partial charge in [0.1, 0.15) is 6.20 Å². The lowest BCUT2D eigenvalue weighted by Gasteiger charge is -1.96. The first-order chi connectivity index (χ1) is 6.65. The van der Waals surface area contributed by atoms with Crippen LogP contribution in [0.2, 0.25) is 0 Å². The number of nitrogens with zero attached hydrogens (tertiary/aromatic N) is 2. The third-order valence-electron chi connectivity index (χ3n) is 1.40. The van der Waals surface area contributed by atoms with Crippen molar-refractivity contribution in [1.82, 2.24) is 9.97 Å². The highest BCUT2D eigenvalue weighted by molar-refractivity contribution is 7.99. The Balaban J connectivity index is 2.89. The zero-order valence-corrected chi connectivity index (χ0v) is 8.34. The first-order valence-corrected chi connectivity index (χ1v) is 5.00. The van der Waals surface area contributed by atoms with Gasteiger partial charge in [0, 0.05) is 5.75 Å². The lowest BCUT2D eigenvalue weighted by Crippen LogP contribution is -2.13. The van der Waals surface area contributed by atoms with Crippen molar-refractivity contribution in [1.29, 1.82) is 0 Å². The number of rotatable bonds is 4. The Labute approximate surface area is 83.9 Å². The second-order valence-electron chi connectivity index (χ2n) is 2.51. The minimum absolute atomic E-state index is 0.419. The third-order valence-corrected chi connectivity index (χ3v) is 2.49. The van der Waals surface area contributed by atoms with E-state index >= 15 is 0 Å². The first kappa shape index (κ1) is 10.7. The van der Waals surface area contributed by atoms with Crippen molar-refractivity contribution in [3.05, 3.63) is 26.7 Å². The molecular weight excluding hydrogens is 206 g/mol. The predicted octanol–water partition coefficient (Wildman–Crippen LogP) is 1.18. The summed E-state index contributed by atoms with van der Waals surface area (Å²) in [5.74, 6) is 0.820. The number of aromatic nitrogens is 2. The van der Waals surface area contributed by atoms with Crippen LogP contribution in [0.4, 0.5) is 5.69 Å². The fourth-order valence-corrected chi connectivity index (χ4v) is 1.46. The van der Waals surface area contributed by atoms with Gasteiger partial charge < -0.3 is 0 Å². The lowest BCUT2D eigenvalue weighted by molar-refractivity contribution is -0.386. The van der Waals surface area contributed by atoms with Gasteiger partial charge in [-0.05, 0) is 6.42 Å². The number of nitro groups is 1. The second-order valence-corrected chi connectivity index (χ2v) is 3.59. The molecule has 0 amide bonds. The average Bonchev–Trinajstić information content (AvgIpc) is 2.14. The maximum absolute atomic E-state index is 11.1. The molecule has 0 aliphatic heterocycles. The Kier molecular flexibility index (Phi) is 3.63. The average molecular weight is 215 g/mol. The molecule has 1 heterocycles. The van der Waals surface area contributed by atoms with Gasteiger partial charge in [-0.3, -0.25) is 19.9 Å². The Morgan fingerprint density at radius 2 is 2.43 bits per heavy atom. The van der Waals surface area contributed by atoms with Crippen LogP contribution in [-0.2, 0) is 0 Å². The largest absolute Gasteiger partial charge is 0.352 e. The molecule has 0 aliphatic carbocycles. The summed E-state index contributed by atoms with van der Waals surface area (Å²) in [5, 5.41) is 10.7. The Hall–Kier alpha value is -1.37. The molecule has 1 N–H and O–H groups in total. The zero-order valence-electron chi connectivity index (χ0n) is 7.52. The molecule has 0 aliphatic rings. The smallest absolute Gasteiger partial charge is 0.296 e. The standard InChI is InChI=1S/C7H9N3O3S/c1-2-3-14-7-8-4-5(10(12)13)6(11)9-7/h4H,2-3H2,1H3,(H,8,9,11). The molecule has 0 spiro atoms. The van der Waals surface area contributed by atoms with Crippen LogP contribution in [0.3, 0.4) is 0 Å². The number of nitrogens with one attached hydrogen (secondary N) is 1. The summed E-state index contributed by atoms with van der Waals surface area (Å²) in [5.41, 5.74) is -1.23. The fraction of sp³-hybridized carbons (Fsp3) is 0.429. The van der Waals surface area contributed by atoms with Gasteiger partial charge in [-0.15, -0.1) is 0 Å². The molecule has 1 rings (SSSR count). The van der Waals surface area contributed by atoms with Crippen molar-refractivity contribution in [2.45, 2.75) is 18.5 Å². The van der Waals surface area contributed by atoms with Crippen LogP contribution in [0.1, 0.15) is 13.3 Å². The number of thioether (sulfide) groups is 1. The molecule has 14 heavy (non-hydrogen) atoms. The van der Waals surface area contributed by atoms with E-state index in [-0.39, 0.29) is 0 Å². The van der Waals surface area contributed by atoms with Gasteiger partial charge in [0.25, 0.3) is 0 Å². The van der Waals surface area contributed by atoms with Crippen LogP contribution < -0.4 is 5.56 Å². The fourth-order valence-electron chi connectivity index (χ4n) is 0.774. The maximum atomic E-state index is 11.1. The van der Waals surface area contributed by atoms with E-state index in [1.165, 1.54) is 11.8 Å². The van der Waals surface area contributed by atoms with Gasteiger partial charge in [-0.1, -0.05) is 18.7 Å². The highest BCUT2D eigenvalue weighted by Gasteiger charge is 2.12. The Bertz CT molecular complexity index is 390. The molecular formula is C7H9N3O3S. The molecule has 0 radical (unpaired) electrons. The Morgan fingerprint density at radius 3 is 2.93 bits per heavy atom. The maximum Gasteiger partial charge on any atom is 0.352 e. The molecule has 76 valence electrons. The van der Waals surface area contributed by atoms with E-state index in [1.807, 2.05) is 6.92 Å². The van der Waals surface area contributed by atoms with Gasteiger partial charge in [0.15, 0.2) is 5.16 Å². The third kappa shape index (κ3) is 2.56. The van der Waals surface area contributed by atoms with Gasteiger partial charge in [-0.2, -0.15) is 0 Å². The molecule has 0 fully saturated rings. The molecule has 1 aromatic rings. The summed E-state index contributed by atoms with van der Waals surface area (Å²) in [6.45, 7) is 2.00. The number of hydrogen-bond donors (Lipinski definition) is 1. The SMILES string of the molecule is CCCSc1ncc([N+](=O)[O-])c(=O)[nH]1. The molecule has 0 bridgehead atoms. The van der Waals surface area contributed by atoms with E-state index in [2.05, 4.69) is 9.97 Å². The quantitative estimate of drug-likeness (QED) is 0.352. The van der Waals surface area contributed by atoms with E-state index in [9.17, 15) is 14.9 Å². The summed E-state index contributed by atoms with van der Waals surface area (Å²) in [6, 6.07) is 0. The van der Waals surface area contributed by atoms with Crippen LogP contribution in [0.5, 0.6) is 0 Å². The van der Waals surface area contributed by atoms with E-state index in [1.54, 1.807) is 0 Å². The van der Waals surface area contributed by atoms with Gasteiger partial charge >= 0.3 is 11.2 Å². The summed E-state index contributed by atoms with van der Waals surface area (Å²) < 4.78 is 0. The highest BCUT2D eigenvalue weighted by atomic mass is 32.2. The van der Waals surface area contributed by atoms with Gasteiger partial charge in [0.05, 0.1) is 4.92 Å². The van der Waals surface area contributed by atoms with Crippen molar-refractivity contribution in [3.63, 3.8) is 0 Å². The summed E-state index contributed by atoms with van der Waals surface area (Å²) >= 11 is 1.37. The highest BCUT2D eigenvalue weighted by Crippen LogP contribution is 2.12. The number of aromatic amines is 1. The Morgan fingerprint density at radius 1 is 1.71 bits per heavy atom. The van der Waals surface area contributed by atoms with Crippen molar-refractivity contribution >= 4 is 17.4 Å². The van der Waals surface area contributed by atoms with Crippen molar-refractivity contribution in [2.24, 2.45) is 0 Å². The molecule has 0 saturated carbocycles. The predicted molar refractivity (Wildman–Crippen MR) is 52.5 cm³/mol. The van der Waals surface area contributed by atoms with Crippen LogP contribution >= 0.6 is 11.8 Å². The van der Waals surface area contributed by atoms with Crippen molar-refractivity contribution in [2.75, 3.05) is 5.75 Å². The molecule has 0 unspecified atom stereocenters. The van der Waals surface area contributed by atoms with E-state index < -0.39 is 16.2 Å². The van der Waals surface area contributed by atoms with Crippen LogP contribution in [-0.4, -0.2) is 20.6 Å². The molecule has 0 aromatic carbocycles. The topological polar surface area (TPSA) is 88.9 Å². The molecule has 7 heteroatoms. The van der Waals surface area contributed by atoms with Crippen LogP contribution in [0.25, 0.3) is 0 Å². The number of H-pyrrole nitrogens is 1. The minimum atomic E-state index is -0.750. The van der Waals surface area contributed by atoms with Crippen LogP contribution in [0.15, 0.2) is 16.1 Å². The summed E-state index contributed by atoms with van der Waals surface area (Å²) in [7, 11) is 0. The molecule has 0 atom stereocenters. The normalized spacial score (nSPS) is 10.1. The second kappa shape index (κ2) is 4.75. The van der Waals surface area contributed by atoms with E-state index in [0.717, 1.165) is 18.4 Å².